The third kappa shape index (κ3) is 3.51. The summed E-state index contributed by atoms with van der Waals surface area (Å²) < 4.78 is 16.9. The average molecular weight is 373 g/mol. The molecule has 0 amide bonds. The van der Waals surface area contributed by atoms with Gasteiger partial charge in [-0.3, -0.25) is 0 Å². The summed E-state index contributed by atoms with van der Waals surface area (Å²) in [6, 6.07) is 5.52. The fourth-order valence-corrected chi connectivity index (χ4v) is 3.61. The molecule has 4 nitrogen and oxygen atoms in total. The molecule has 21 heavy (non-hydrogen) atoms. The largest absolute Gasteiger partial charge is 0.493 e. The van der Waals surface area contributed by atoms with Crippen molar-refractivity contribution in [2.75, 3.05) is 21.3 Å². The van der Waals surface area contributed by atoms with Crippen molar-refractivity contribution in [2.45, 2.75) is 12.5 Å². The van der Waals surface area contributed by atoms with Gasteiger partial charge in [-0.15, -0.1) is 11.3 Å². The number of benzene rings is 1. The minimum atomic E-state index is -0.645. The Hall–Kier alpha value is -1.24. The number of hydrogen-bond donors (Lipinski definition) is 1. The van der Waals surface area contributed by atoms with Crippen molar-refractivity contribution in [3.63, 3.8) is 0 Å². The van der Waals surface area contributed by atoms with Gasteiger partial charge in [0, 0.05) is 15.8 Å². The average Bonchev–Trinajstić information content (AvgIpc) is 2.90. The molecule has 0 aliphatic carbocycles. The zero-order valence-electron chi connectivity index (χ0n) is 12.1. The molecule has 0 saturated carbocycles. The smallest absolute Gasteiger partial charge is 0.203 e. The molecule has 1 unspecified atom stereocenters. The number of aliphatic hydroxyl groups excluding tert-OH is 1. The van der Waals surface area contributed by atoms with Crippen molar-refractivity contribution in [3.05, 3.63) is 38.5 Å². The number of rotatable bonds is 6. The zero-order chi connectivity index (χ0) is 15.4. The summed E-state index contributed by atoms with van der Waals surface area (Å²) in [5, 5.41) is 12.4. The molecule has 0 aliphatic heterocycles. The van der Waals surface area contributed by atoms with Crippen LogP contribution in [-0.2, 0) is 6.42 Å². The van der Waals surface area contributed by atoms with Crippen molar-refractivity contribution in [1.82, 2.24) is 0 Å². The molecule has 0 radical (unpaired) electrons. The van der Waals surface area contributed by atoms with Crippen LogP contribution in [0.25, 0.3) is 0 Å². The van der Waals surface area contributed by atoms with Gasteiger partial charge in [-0.05, 0) is 45.1 Å². The van der Waals surface area contributed by atoms with Crippen LogP contribution in [0.2, 0.25) is 0 Å². The number of thiophene rings is 1. The Labute approximate surface area is 136 Å². The lowest BCUT2D eigenvalue weighted by Gasteiger charge is -2.17. The Morgan fingerprint density at radius 1 is 1.14 bits per heavy atom. The monoisotopic (exact) mass is 372 g/mol. The first-order valence-corrected chi connectivity index (χ1v) is 7.97. The summed E-state index contributed by atoms with van der Waals surface area (Å²) in [6.07, 6.45) is -0.120. The van der Waals surface area contributed by atoms with Gasteiger partial charge in [-0.2, -0.15) is 0 Å². The molecule has 2 aromatic rings. The molecule has 0 spiro atoms. The molecule has 0 aliphatic rings. The van der Waals surface area contributed by atoms with E-state index in [0.29, 0.717) is 23.7 Å². The Morgan fingerprint density at radius 3 is 2.19 bits per heavy atom. The third-order valence-electron chi connectivity index (χ3n) is 3.14. The molecule has 1 heterocycles. The van der Waals surface area contributed by atoms with Crippen LogP contribution in [0.5, 0.6) is 17.2 Å². The number of ether oxygens (including phenoxy) is 3. The van der Waals surface area contributed by atoms with E-state index in [1.807, 2.05) is 11.4 Å². The summed E-state index contributed by atoms with van der Waals surface area (Å²) in [5.74, 6) is 1.60. The first-order chi connectivity index (χ1) is 10.1. The Balaban J connectivity index is 2.32. The van der Waals surface area contributed by atoms with Gasteiger partial charge >= 0.3 is 0 Å². The maximum Gasteiger partial charge on any atom is 0.203 e. The lowest BCUT2D eigenvalue weighted by atomic mass is 10.0. The van der Waals surface area contributed by atoms with E-state index in [1.165, 1.54) is 0 Å². The highest BCUT2D eigenvalue weighted by molar-refractivity contribution is 9.10. The summed E-state index contributed by atoms with van der Waals surface area (Å²) >= 11 is 5.08. The van der Waals surface area contributed by atoms with Crippen LogP contribution in [0.15, 0.2) is 28.1 Å². The van der Waals surface area contributed by atoms with Crippen LogP contribution in [0.3, 0.4) is 0 Å². The maximum absolute atomic E-state index is 10.5. The molecular weight excluding hydrogens is 356 g/mol. The topological polar surface area (TPSA) is 47.9 Å². The minimum absolute atomic E-state index is 0.522. The lowest BCUT2D eigenvalue weighted by Crippen LogP contribution is -2.03. The highest BCUT2D eigenvalue weighted by Gasteiger charge is 2.18. The molecule has 0 saturated heterocycles. The summed E-state index contributed by atoms with van der Waals surface area (Å²) in [5.41, 5.74) is 0.727. The molecular formula is C15H17BrO4S. The van der Waals surface area contributed by atoms with E-state index >= 15 is 0 Å². The highest BCUT2D eigenvalue weighted by Crippen LogP contribution is 2.40. The molecule has 1 atom stereocenters. The lowest BCUT2D eigenvalue weighted by molar-refractivity contribution is 0.178. The Morgan fingerprint density at radius 2 is 1.76 bits per heavy atom. The van der Waals surface area contributed by atoms with Gasteiger partial charge < -0.3 is 19.3 Å². The molecule has 1 N–H and O–H groups in total. The third-order valence-corrected chi connectivity index (χ3v) is 5.09. The fourth-order valence-electron chi connectivity index (χ4n) is 2.06. The van der Waals surface area contributed by atoms with E-state index in [1.54, 1.807) is 44.8 Å². The molecule has 6 heteroatoms. The number of methoxy groups -OCH3 is 3. The first kappa shape index (κ1) is 16.1. The van der Waals surface area contributed by atoms with E-state index < -0.39 is 6.10 Å². The number of halogens is 1. The van der Waals surface area contributed by atoms with E-state index in [0.717, 1.165) is 14.9 Å². The van der Waals surface area contributed by atoms with Gasteiger partial charge in [0.05, 0.1) is 27.4 Å². The molecule has 1 aromatic heterocycles. The van der Waals surface area contributed by atoms with Crippen molar-refractivity contribution >= 4 is 27.3 Å². The molecule has 114 valence electrons. The maximum atomic E-state index is 10.5. The van der Waals surface area contributed by atoms with E-state index in [-0.39, 0.29) is 0 Å². The van der Waals surface area contributed by atoms with E-state index in [9.17, 15) is 5.11 Å². The van der Waals surface area contributed by atoms with Crippen LogP contribution < -0.4 is 14.2 Å². The van der Waals surface area contributed by atoms with Crippen LogP contribution in [0, 0.1) is 0 Å². The summed E-state index contributed by atoms with van der Waals surface area (Å²) in [7, 11) is 4.67. The molecule has 2 rings (SSSR count). The van der Waals surface area contributed by atoms with Gasteiger partial charge in [0.2, 0.25) is 5.75 Å². The van der Waals surface area contributed by atoms with Gasteiger partial charge in [0.25, 0.3) is 0 Å². The second kappa shape index (κ2) is 7.15. The standard InChI is InChI=1S/C15H17BrO4S/c1-18-12-6-9(7-13(19-2)15(12)20-3)11(17)8-14-10(16)4-5-21-14/h4-7,11,17H,8H2,1-3H3. The van der Waals surface area contributed by atoms with Crippen molar-refractivity contribution < 1.29 is 19.3 Å². The van der Waals surface area contributed by atoms with E-state index in [4.69, 9.17) is 14.2 Å². The second-order valence-corrected chi connectivity index (χ2v) is 6.23. The summed E-state index contributed by atoms with van der Waals surface area (Å²) in [4.78, 5) is 1.09. The number of hydrogen-bond acceptors (Lipinski definition) is 5. The minimum Gasteiger partial charge on any atom is -0.493 e. The van der Waals surface area contributed by atoms with Crippen molar-refractivity contribution in [1.29, 1.82) is 0 Å². The second-order valence-electron chi connectivity index (χ2n) is 4.37. The molecule has 0 bridgehead atoms. The van der Waals surface area contributed by atoms with Crippen LogP contribution in [0.1, 0.15) is 16.5 Å². The van der Waals surface area contributed by atoms with Gasteiger partial charge in [-0.1, -0.05) is 0 Å². The van der Waals surface area contributed by atoms with Crippen LogP contribution in [0.4, 0.5) is 0 Å². The quantitative estimate of drug-likeness (QED) is 0.837. The van der Waals surface area contributed by atoms with Crippen molar-refractivity contribution in [3.8, 4) is 17.2 Å². The SMILES string of the molecule is COc1cc(C(O)Cc2sccc2Br)cc(OC)c1OC. The molecule has 1 aromatic carbocycles. The Kier molecular flexibility index (Phi) is 5.50. The van der Waals surface area contributed by atoms with Gasteiger partial charge in [0.15, 0.2) is 11.5 Å². The van der Waals surface area contributed by atoms with Gasteiger partial charge in [0.1, 0.15) is 0 Å². The van der Waals surface area contributed by atoms with E-state index in [2.05, 4.69) is 15.9 Å². The predicted molar refractivity (Wildman–Crippen MR) is 86.8 cm³/mol. The van der Waals surface area contributed by atoms with Crippen LogP contribution >= 0.6 is 27.3 Å². The van der Waals surface area contributed by atoms with Crippen molar-refractivity contribution in [2.24, 2.45) is 0 Å². The normalized spacial score (nSPS) is 12.0. The van der Waals surface area contributed by atoms with Crippen LogP contribution in [-0.4, -0.2) is 26.4 Å². The fraction of sp³-hybridized carbons (Fsp3) is 0.333. The predicted octanol–water partition coefficient (Wildman–Crippen LogP) is 3.81. The Bertz CT molecular complexity index is 586. The molecule has 0 fully saturated rings. The first-order valence-electron chi connectivity index (χ1n) is 6.30. The highest BCUT2D eigenvalue weighted by atomic mass is 79.9. The van der Waals surface area contributed by atoms with Gasteiger partial charge in [-0.25, -0.2) is 0 Å². The number of aliphatic hydroxyl groups is 1. The summed E-state index contributed by atoms with van der Waals surface area (Å²) in [6.45, 7) is 0. The zero-order valence-corrected chi connectivity index (χ0v) is 14.5.